The molecule has 0 radical (unpaired) electrons. The Morgan fingerprint density at radius 3 is 2.52 bits per heavy atom. The first-order chi connectivity index (χ1) is 13.9. The van der Waals surface area contributed by atoms with Gasteiger partial charge in [-0.25, -0.2) is 9.59 Å². The monoisotopic (exact) mass is 397 g/mol. The van der Waals surface area contributed by atoms with Gasteiger partial charge in [0.15, 0.2) is 5.76 Å². The molecule has 0 atom stereocenters. The van der Waals surface area contributed by atoms with Crippen LogP contribution < -0.4 is 5.32 Å². The van der Waals surface area contributed by atoms with Crippen molar-refractivity contribution in [2.24, 2.45) is 0 Å². The number of rotatable bonds is 6. The highest BCUT2D eigenvalue weighted by Gasteiger charge is 2.20. The van der Waals surface area contributed by atoms with Gasteiger partial charge < -0.3 is 23.6 Å². The zero-order chi connectivity index (χ0) is 21.0. The van der Waals surface area contributed by atoms with Gasteiger partial charge in [-0.3, -0.25) is 4.79 Å². The van der Waals surface area contributed by atoms with Crippen molar-refractivity contribution in [2.75, 3.05) is 12.4 Å². The average Bonchev–Trinajstić information content (AvgIpc) is 3.37. The number of furan rings is 2. The Labute approximate surface area is 166 Å². The van der Waals surface area contributed by atoms with Crippen LogP contribution in [0.25, 0.3) is 0 Å². The Balaban J connectivity index is 1.75. The van der Waals surface area contributed by atoms with Gasteiger partial charge in [0.25, 0.3) is 5.91 Å². The van der Waals surface area contributed by atoms with Crippen molar-refractivity contribution >= 4 is 23.5 Å². The molecule has 0 aliphatic heterocycles. The summed E-state index contributed by atoms with van der Waals surface area (Å²) in [5.74, 6) is -0.894. The maximum Gasteiger partial charge on any atom is 0.341 e. The number of amides is 1. The van der Waals surface area contributed by atoms with Gasteiger partial charge in [-0.1, -0.05) is 12.1 Å². The third kappa shape index (κ3) is 4.37. The summed E-state index contributed by atoms with van der Waals surface area (Å²) in [7, 11) is 1.27. The topological polar surface area (TPSA) is 108 Å². The highest BCUT2D eigenvalue weighted by atomic mass is 16.5. The van der Waals surface area contributed by atoms with E-state index in [1.807, 2.05) is 0 Å². The molecule has 29 heavy (non-hydrogen) atoms. The zero-order valence-corrected chi connectivity index (χ0v) is 16.1. The van der Waals surface area contributed by atoms with E-state index in [0.29, 0.717) is 22.8 Å². The lowest BCUT2D eigenvalue weighted by Gasteiger charge is -2.12. The SMILES string of the molecule is COC(=O)c1cc(COC(=O)c2cccc(C)c2NC(=O)c2ccco2)oc1C. The molecule has 3 rings (SSSR count). The van der Waals surface area contributed by atoms with Crippen LogP contribution in [-0.4, -0.2) is 25.0 Å². The normalized spacial score (nSPS) is 10.4. The van der Waals surface area contributed by atoms with Crippen LogP contribution in [0.2, 0.25) is 0 Å². The quantitative estimate of drug-likeness (QED) is 0.629. The summed E-state index contributed by atoms with van der Waals surface area (Å²) in [5, 5.41) is 2.68. The number of nitrogens with one attached hydrogen (secondary N) is 1. The van der Waals surface area contributed by atoms with Crippen molar-refractivity contribution in [3.8, 4) is 0 Å². The summed E-state index contributed by atoms with van der Waals surface area (Å²) in [6.07, 6.45) is 1.38. The van der Waals surface area contributed by atoms with Gasteiger partial charge in [0.2, 0.25) is 0 Å². The predicted molar refractivity (Wildman–Crippen MR) is 102 cm³/mol. The molecular formula is C21H19NO7. The molecule has 0 spiro atoms. The second-order valence-corrected chi connectivity index (χ2v) is 6.18. The van der Waals surface area contributed by atoms with E-state index in [4.69, 9.17) is 13.6 Å². The van der Waals surface area contributed by atoms with E-state index >= 15 is 0 Å². The Kier molecular flexibility index (Phi) is 5.82. The van der Waals surface area contributed by atoms with E-state index in [-0.39, 0.29) is 23.5 Å². The molecule has 3 aromatic rings. The van der Waals surface area contributed by atoms with Crippen LogP contribution >= 0.6 is 0 Å². The van der Waals surface area contributed by atoms with Crippen molar-refractivity contribution in [2.45, 2.75) is 20.5 Å². The third-order valence-corrected chi connectivity index (χ3v) is 4.20. The molecule has 0 aliphatic carbocycles. The first kappa shape index (κ1) is 19.9. The minimum Gasteiger partial charge on any atom is -0.465 e. The molecule has 0 aliphatic rings. The number of esters is 2. The number of hydrogen-bond donors (Lipinski definition) is 1. The lowest BCUT2D eigenvalue weighted by molar-refractivity contribution is 0.0445. The average molecular weight is 397 g/mol. The fourth-order valence-electron chi connectivity index (χ4n) is 2.73. The van der Waals surface area contributed by atoms with Crippen LogP contribution in [0.15, 0.2) is 51.5 Å². The number of methoxy groups -OCH3 is 1. The van der Waals surface area contributed by atoms with E-state index in [9.17, 15) is 14.4 Å². The Morgan fingerprint density at radius 2 is 1.83 bits per heavy atom. The van der Waals surface area contributed by atoms with Crippen molar-refractivity contribution in [1.82, 2.24) is 0 Å². The van der Waals surface area contributed by atoms with Crippen LogP contribution in [0.4, 0.5) is 5.69 Å². The van der Waals surface area contributed by atoms with E-state index < -0.39 is 17.8 Å². The highest BCUT2D eigenvalue weighted by molar-refractivity contribution is 6.07. The number of benzene rings is 1. The molecule has 1 N–H and O–H groups in total. The highest BCUT2D eigenvalue weighted by Crippen LogP contribution is 2.23. The smallest absolute Gasteiger partial charge is 0.341 e. The molecule has 0 bridgehead atoms. The van der Waals surface area contributed by atoms with Crippen molar-refractivity contribution < 1.29 is 32.7 Å². The molecule has 2 aromatic heterocycles. The number of aryl methyl sites for hydroxylation is 2. The summed E-state index contributed by atoms with van der Waals surface area (Å²) < 4.78 is 20.5. The first-order valence-electron chi connectivity index (χ1n) is 8.70. The number of para-hydroxylation sites is 1. The van der Waals surface area contributed by atoms with Crippen LogP contribution in [-0.2, 0) is 16.1 Å². The Bertz CT molecular complexity index is 1050. The first-order valence-corrected chi connectivity index (χ1v) is 8.70. The zero-order valence-electron chi connectivity index (χ0n) is 16.1. The summed E-state index contributed by atoms with van der Waals surface area (Å²) in [6, 6.07) is 9.55. The summed E-state index contributed by atoms with van der Waals surface area (Å²) in [6.45, 7) is 3.18. The number of carbonyl (C=O) groups excluding carboxylic acids is 3. The fourth-order valence-corrected chi connectivity index (χ4v) is 2.73. The molecule has 150 valence electrons. The van der Waals surface area contributed by atoms with E-state index in [0.717, 1.165) is 0 Å². The maximum absolute atomic E-state index is 12.6. The molecule has 2 heterocycles. The molecule has 1 amide bonds. The number of carbonyl (C=O) groups is 3. The number of ether oxygens (including phenoxy) is 2. The van der Waals surface area contributed by atoms with Crippen LogP contribution in [0, 0.1) is 13.8 Å². The molecule has 0 unspecified atom stereocenters. The van der Waals surface area contributed by atoms with E-state index in [1.54, 1.807) is 38.1 Å². The fraction of sp³-hybridized carbons (Fsp3) is 0.190. The van der Waals surface area contributed by atoms with Crippen molar-refractivity contribution in [3.63, 3.8) is 0 Å². The summed E-state index contributed by atoms with van der Waals surface area (Å²) in [5.41, 5.74) is 1.45. The molecule has 8 heteroatoms. The van der Waals surface area contributed by atoms with E-state index in [2.05, 4.69) is 10.1 Å². The lowest BCUT2D eigenvalue weighted by Crippen LogP contribution is -2.16. The molecule has 8 nitrogen and oxygen atoms in total. The Morgan fingerprint density at radius 1 is 1.03 bits per heavy atom. The Hall–Kier alpha value is -3.81. The van der Waals surface area contributed by atoms with Gasteiger partial charge in [0.1, 0.15) is 23.7 Å². The van der Waals surface area contributed by atoms with E-state index in [1.165, 1.54) is 25.5 Å². The lowest BCUT2D eigenvalue weighted by atomic mass is 10.1. The van der Waals surface area contributed by atoms with Gasteiger partial charge in [-0.15, -0.1) is 0 Å². The molecular weight excluding hydrogens is 378 g/mol. The second kappa shape index (κ2) is 8.47. The molecule has 0 saturated carbocycles. The second-order valence-electron chi connectivity index (χ2n) is 6.18. The number of hydrogen-bond acceptors (Lipinski definition) is 7. The minimum absolute atomic E-state index is 0.119. The minimum atomic E-state index is -0.655. The predicted octanol–water partition coefficient (Wildman–Crippen LogP) is 3.89. The van der Waals surface area contributed by atoms with Crippen LogP contribution in [0.5, 0.6) is 0 Å². The molecule has 0 fully saturated rings. The summed E-state index contributed by atoms with van der Waals surface area (Å²) in [4.78, 5) is 36.6. The van der Waals surface area contributed by atoms with Crippen molar-refractivity contribution in [1.29, 1.82) is 0 Å². The van der Waals surface area contributed by atoms with Crippen molar-refractivity contribution in [3.05, 3.63) is 76.6 Å². The van der Waals surface area contributed by atoms with Crippen LogP contribution in [0.3, 0.4) is 0 Å². The standard InChI is InChI=1S/C21H19NO7/c1-12-6-4-7-15(18(12)22-19(23)17-8-5-9-27-17)21(25)28-11-14-10-16(13(2)29-14)20(24)26-3/h4-10H,11H2,1-3H3,(H,22,23). The van der Waals surface area contributed by atoms with Gasteiger partial charge >= 0.3 is 11.9 Å². The summed E-state index contributed by atoms with van der Waals surface area (Å²) >= 11 is 0. The van der Waals surface area contributed by atoms with Gasteiger partial charge in [0.05, 0.1) is 24.6 Å². The number of anilines is 1. The largest absolute Gasteiger partial charge is 0.465 e. The molecule has 1 aromatic carbocycles. The molecule has 0 saturated heterocycles. The van der Waals surface area contributed by atoms with Gasteiger partial charge in [-0.2, -0.15) is 0 Å². The maximum atomic E-state index is 12.6. The van der Waals surface area contributed by atoms with Gasteiger partial charge in [-0.05, 0) is 43.7 Å². The van der Waals surface area contributed by atoms with Crippen LogP contribution in [0.1, 0.15) is 48.4 Å². The third-order valence-electron chi connectivity index (χ3n) is 4.20. The van der Waals surface area contributed by atoms with Gasteiger partial charge in [0, 0.05) is 0 Å².